The van der Waals surface area contributed by atoms with Crippen LogP contribution in [0.4, 0.5) is 8.78 Å². The van der Waals surface area contributed by atoms with Crippen LogP contribution in [0.5, 0.6) is 0 Å². The fraction of sp³-hybridized carbons (Fsp3) is 0.143. The number of halogens is 3. The van der Waals surface area contributed by atoms with Gasteiger partial charge in [-0.2, -0.15) is 0 Å². The molecule has 94 valence electrons. The van der Waals surface area contributed by atoms with Crippen LogP contribution in [-0.4, -0.2) is 0 Å². The van der Waals surface area contributed by atoms with Crippen molar-refractivity contribution in [3.8, 4) is 0 Å². The van der Waals surface area contributed by atoms with Crippen LogP contribution in [0.2, 0.25) is 0 Å². The van der Waals surface area contributed by atoms with E-state index in [4.69, 9.17) is 5.73 Å². The van der Waals surface area contributed by atoms with Crippen LogP contribution in [0.15, 0.2) is 46.9 Å². The van der Waals surface area contributed by atoms with E-state index < -0.39 is 17.7 Å². The first-order valence-electron chi connectivity index (χ1n) is 5.52. The van der Waals surface area contributed by atoms with Crippen molar-refractivity contribution in [3.05, 3.63) is 69.7 Å². The Morgan fingerprint density at radius 2 is 1.72 bits per heavy atom. The zero-order chi connectivity index (χ0) is 13.1. The molecule has 0 aliphatic carbocycles. The lowest BCUT2D eigenvalue weighted by Crippen LogP contribution is -2.15. The van der Waals surface area contributed by atoms with Crippen molar-refractivity contribution in [2.45, 2.75) is 12.5 Å². The van der Waals surface area contributed by atoms with Gasteiger partial charge < -0.3 is 5.73 Å². The maximum Gasteiger partial charge on any atom is 0.143 e. The van der Waals surface area contributed by atoms with Crippen molar-refractivity contribution in [2.75, 3.05) is 0 Å². The number of hydrogen-bond acceptors (Lipinski definition) is 1. The van der Waals surface area contributed by atoms with Gasteiger partial charge in [0.25, 0.3) is 0 Å². The van der Waals surface area contributed by atoms with E-state index in [1.807, 2.05) is 30.3 Å². The first kappa shape index (κ1) is 13.2. The summed E-state index contributed by atoms with van der Waals surface area (Å²) in [4.78, 5) is 0. The molecule has 1 unspecified atom stereocenters. The molecule has 0 saturated carbocycles. The standard InChI is InChI=1S/C14H12BrF2N/c15-11-6-7-12(16)10(14(11)17)8-13(18)9-4-2-1-3-5-9/h1-7,13H,8,18H2. The van der Waals surface area contributed by atoms with Crippen LogP contribution in [0, 0.1) is 11.6 Å². The van der Waals surface area contributed by atoms with E-state index in [0.29, 0.717) is 0 Å². The molecule has 2 aromatic carbocycles. The van der Waals surface area contributed by atoms with Crippen molar-refractivity contribution in [2.24, 2.45) is 5.73 Å². The van der Waals surface area contributed by atoms with Crippen LogP contribution in [0.3, 0.4) is 0 Å². The normalized spacial score (nSPS) is 12.4. The van der Waals surface area contributed by atoms with Gasteiger partial charge in [0.05, 0.1) is 4.47 Å². The van der Waals surface area contributed by atoms with Crippen molar-refractivity contribution in [1.29, 1.82) is 0 Å². The number of nitrogens with two attached hydrogens (primary N) is 1. The topological polar surface area (TPSA) is 26.0 Å². The lowest BCUT2D eigenvalue weighted by atomic mass is 9.99. The lowest BCUT2D eigenvalue weighted by molar-refractivity contribution is 0.536. The fourth-order valence-corrected chi connectivity index (χ4v) is 2.17. The molecule has 0 heterocycles. The van der Waals surface area contributed by atoms with E-state index in [-0.39, 0.29) is 16.5 Å². The summed E-state index contributed by atoms with van der Waals surface area (Å²) < 4.78 is 27.6. The van der Waals surface area contributed by atoms with Crippen molar-refractivity contribution in [3.63, 3.8) is 0 Å². The Morgan fingerprint density at radius 3 is 2.39 bits per heavy atom. The summed E-state index contributed by atoms with van der Waals surface area (Å²) in [7, 11) is 0. The summed E-state index contributed by atoms with van der Waals surface area (Å²) in [5, 5.41) is 0. The molecule has 0 aliphatic heterocycles. The Bertz CT molecular complexity index is 543. The first-order valence-corrected chi connectivity index (χ1v) is 6.32. The summed E-state index contributed by atoms with van der Waals surface area (Å²) in [5.74, 6) is -1.15. The fourth-order valence-electron chi connectivity index (χ4n) is 1.79. The third-order valence-electron chi connectivity index (χ3n) is 2.79. The van der Waals surface area contributed by atoms with Crippen molar-refractivity contribution >= 4 is 15.9 Å². The van der Waals surface area contributed by atoms with Crippen LogP contribution in [-0.2, 0) is 6.42 Å². The molecular weight excluding hydrogens is 300 g/mol. The minimum absolute atomic E-state index is 0.0146. The molecule has 2 rings (SSSR count). The third-order valence-corrected chi connectivity index (χ3v) is 3.40. The molecule has 0 saturated heterocycles. The van der Waals surface area contributed by atoms with Crippen molar-refractivity contribution in [1.82, 2.24) is 0 Å². The number of hydrogen-bond donors (Lipinski definition) is 1. The van der Waals surface area contributed by atoms with Gasteiger partial charge in [-0.25, -0.2) is 8.78 Å². The summed E-state index contributed by atoms with van der Waals surface area (Å²) in [6.45, 7) is 0. The van der Waals surface area contributed by atoms with Gasteiger partial charge in [-0.1, -0.05) is 30.3 Å². The zero-order valence-electron chi connectivity index (χ0n) is 9.54. The minimum atomic E-state index is -0.582. The molecule has 1 atom stereocenters. The third kappa shape index (κ3) is 2.76. The molecule has 0 spiro atoms. The highest BCUT2D eigenvalue weighted by Gasteiger charge is 2.16. The lowest BCUT2D eigenvalue weighted by Gasteiger charge is -2.13. The molecule has 0 amide bonds. The second-order valence-electron chi connectivity index (χ2n) is 4.04. The Morgan fingerprint density at radius 1 is 1.06 bits per heavy atom. The van der Waals surface area contributed by atoms with Gasteiger partial charge >= 0.3 is 0 Å². The second-order valence-corrected chi connectivity index (χ2v) is 4.90. The van der Waals surface area contributed by atoms with E-state index in [9.17, 15) is 8.78 Å². The molecule has 18 heavy (non-hydrogen) atoms. The highest BCUT2D eigenvalue weighted by Crippen LogP contribution is 2.25. The Labute approximate surface area is 113 Å². The molecule has 0 aliphatic rings. The highest BCUT2D eigenvalue weighted by atomic mass is 79.9. The molecule has 1 nitrogen and oxygen atoms in total. The molecule has 2 aromatic rings. The number of rotatable bonds is 3. The Kier molecular flexibility index (Phi) is 4.09. The molecule has 4 heteroatoms. The largest absolute Gasteiger partial charge is 0.324 e. The molecule has 0 aromatic heterocycles. The SMILES string of the molecule is NC(Cc1c(F)ccc(Br)c1F)c1ccccc1. The second kappa shape index (κ2) is 5.59. The van der Waals surface area contributed by atoms with E-state index in [0.717, 1.165) is 5.56 Å². The molecule has 0 bridgehead atoms. The summed E-state index contributed by atoms with van der Waals surface area (Å²) in [5.41, 5.74) is 6.84. The zero-order valence-corrected chi connectivity index (χ0v) is 11.1. The van der Waals surface area contributed by atoms with Crippen molar-refractivity contribution < 1.29 is 8.78 Å². The van der Waals surface area contributed by atoms with Gasteiger partial charge in [0.2, 0.25) is 0 Å². The van der Waals surface area contributed by atoms with E-state index in [1.165, 1.54) is 12.1 Å². The predicted molar refractivity (Wildman–Crippen MR) is 71.1 cm³/mol. The molecule has 0 radical (unpaired) electrons. The van der Waals surface area contributed by atoms with Crippen LogP contribution >= 0.6 is 15.9 Å². The van der Waals surface area contributed by atoms with E-state index in [2.05, 4.69) is 15.9 Å². The first-order chi connectivity index (χ1) is 8.59. The van der Waals surface area contributed by atoms with Gasteiger partial charge in [-0.3, -0.25) is 0 Å². The number of benzene rings is 2. The van der Waals surface area contributed by atoms with Crippen LogP contribution < -0.4 is 5.73 Å². The van der Waals surface area contributed by atoms with Gasteiger partial charge in [0.15, 0.2) is 0 Å². The van der Waals surface area contributed by atoms with Gasteiger partial charge in [0.1, 0.15) is 11.6 Å². The quantitative estimate of drug-likeness (QED) is 0.853. The molecular formula is C14H12BrF2N. The van der Waals surface area contributed by atoms with Crippen LogP contribution in [0.1, 0.15) is 17.2 Å². The summed E-state index contributed by atoms with van der Waals surface area (Å²) in [6.07, 6.45) is 0.126. The smallest absolute Gasteiger partial charge is 0.143 e. The monoisotopic (exact) mass is 311 g/mol. The van der Waals surface area contributed by atoms with E-state index in [1.54, 1.807) is 0 Å². The summed E-state index contributed by atoms with van der Waals surface area (Å²) in [6, 6.07) is 11.4. The van der Waals surface area contributed by atoms with Crippen LogP contribution in [0.25, 0.3) is 0 Å². The average Bonchev–Trinajstić information content (AvgIpc) is 2.40. The highest BCUT2D eigenvalue weighted by molar-refractivity contribution is 9.10. The average molecular weight is 312 g/mol. The molecule has 0 fully saturated rings. The van der Waals surface area contributed by atoms with E-state index >= 15 is 0 Å². The Balaban J connectivity index is 2.27. The van der Waals surface area contributed by atoms with Gasteiger partial charge in [-0.15, -0.1) is 0 Å². The maximum atomic E-state index is 13.8. The van der Waals surface area contributed by atoms with Gasteiger partial charge in [0, 0.05) is 11.6 Å². The van der Waals surface area contributed by atoms with Gasteiger partial charge in [-0.05, 0) is 40.0 Å². The maximum absolute atomic E-state index is 13.8. The summed E-state index contributed by atoms with van der Waals surface area (Å²) >= 11 is 3.04. The molecule has 2 N–H and O–H groups in total. The predicted octanol–water partition coefficient (Wildman–Crippen LogP) is 3.97. The Hall–Kier alpha value is -1.26. The minimum Gasteiger partial charge on any atom is -0.324 e.